The van der Waals surface area contributed by atoms with Crippen molar-refractivity contribution in [1.29, 1.82) is 0 Å². The van der Waals surface area contributed by atoms with Crippen molar-refractivity contribution in [2.24, 2.45) is 5.92 Å². The maximum Gasteiger partial charge on any atom is 0.309 e. The van der Waals surface area contributed by atoms with Crippen LogP contribution in [0.2, 0.25) is 0 Å². The Morgan fingerprint density at radius 2 is 2.26 bits per heavy atom. The second-order valence-electron chi connectivity index (χ2n) is 5.76. The van der Waals surface area contributed by atoms with E-state index >= 15 is 0 Å². The van der Waals surface area contributed by atoms with Crippen molar-refractivity contribution >= 4 is 5.97 Å². The van der Waals surface area contributed by atoms with Crippen LogP contribution in [0.25, 0.3) is 5.69 Å². The number of aliphatic hydroxyl groups excluding tert-OH is 1. The van der Waals surface area contributed by atoms with E-state index in [-0.39, 0.29) is 12.4 Å². The number of carbonyl (C=O) groups is 1. The second-order valence-corrected chi connectivity index (χ2v) is 5.76. The lowest BCUT2D eigenvalue weighted by Gasteiger charge is -2.34. The van der Waals surface area contributed by atoms with Crippen LogP contribution in [0.15, 0.2) is 36.7 Å². The van der Waals surface area contributed by atoms with E-state index in [9.17, 15) is 14.3 Å². The van der Waals surface area contributed by atoms with Gasteiger partial charge in [-0.3, -0.25) is 9.69 Å². The number of hydrogen-bond donors (Lipinski definition) is 2. The molecule has 1 aliphatic heterocycles. The molecule has 2 atom stereocenters. The molecule has 0 radical (unpaired) electrons. The Morgan fingerprint density at radius 3 is 2.91 bits per heavy atom. The summed E-state index contributed by atoms with van der Waals surface area (Å²) >= 11 is 0. The lowest BCUT2D eigenvalue weighted by Crippen LogP contribution is -2.46. The Balaban J connectivity index is 1.78. The minimum Gasteiger partial charge on any atom is -0.481 e. The van der Waals surface area contributed by atoms with Gasteiger partial charge >= 0.3 is 5.97 Å². The largest absolute Gasteiger partial charge is 0.481 e. The van der Waals surface area contributed by atoms with Gasteiger partial charge in [-0.05, 0) is 42.8 Å². The van der Waals surface area contributed by atoms with Gasteiger partial charge in [0.05, 0.1) is 17.7 Å². The average Bonchev–Trinajstić information content (AvgIpc) is 3.01. The van der Waals surface area contributed by atoms with E-state index in [1.807, 2.05) is 4.90 Å². The Morgan fingerprint density at radius 1 is 1.43 bits per heavy atom. The predicted molar refractivity (Wildman–Crippen MR) is 80.5 cm³/mol. The summed E-state index contributed by atoms with van der Waals surface area (Å²) in [5.74, 6) is -2.04. The summed E-state index contributed by atoms with van der Waals surface area (Å²) in [7, 11) is 0. The lowest BCUT2D eigenvalue weighted by atomic mass is 9.93. The molecule has 122 valence electrons. The van der Waals surface area contributed by atoms with Crippen molar-refractivity contribution in [2.75, 3.05) is 13.1 Å². The summed E-state index contributed by atoms with van der Waals surface area (Å²) in [6, 6.07) is 6.28. The quantitative estimate of drug-likeness (QED) is 0.887. The third-order valence-corrected chi connectivity index (χ3v) is 4.17. The summed E-state index contributed by atoms with van der Waals surface area (Å²) in [6.07, 6.45) is 2.89. The SMILES string of the molecule is O=C(O)[C@H]1CCN(Cc2cc(F)ccc2-n2cccn2)C[C@H]1O. The van der Waals surface area contributed by atoms with Crippen LogP contribution in [0.4, 0.5) is 4.39 Å². The smallest absolute Gasteiger partial charge is 0.309 e. The first-order chi connectivity index (χ1) is 11.0. The molecule has 0 bridgehead atoms. The zero-order valence-electron chi connectivity index (χ0n) is 12.5. The molecule has 2 aromatic rings. The van der Waals surface area contributed by atoms with Crippen LogP contribution in [0.3, 0.4) is 0 Å². The van der Waals surface area contributed by atoms with Crippen molar-refractivity contribution in [3.8, 4) is 5.69 Å². The summed E-state index contributed by atoms with van der Waals surface area (Å²) < 4.78 is 15.3. The van der Waals surface area contributed by atoms with E-state index in [2.05, 4.69) is 5.10 Å². The molecule has 1 fully saturated rings. The number of rotatable bonds is 4. The topological polar surface area (TPSA) is 78.6 Å². The fourth-order valence-electron chi connectivity index (χ4n) is 2.99. The van der Waals surface area contributed by atoms with Gasteiger partial charge in [0, 0.05) is 25.5 Å². The first-order valence-electron chi connectivity index (χ1n) is 7.46. The lowest BCUT2D eigenvalue weighted by molar-refractivity contribution is -0.148. The van der Waals surface area contributed by atoms with Gasteiger partial charge < -0.3 is 10.2 Å². The first kappa shape index (κ1) is 15.6. The standard InChI is InChI=1S/C16H18FN3O3/c17-12-2-3-14(20-6-1-5-18-20)11(8-12)9-19-7-4-13(16(22)23)15(21)10-19/h1-3,5-6,8,13,15,21H,4,7,9-10H2,(H,22,23)/t13-,15+/m0/s1. The van der Waals surface area contributed by atoms with Gasteiger partial charge in [-0.15, -0.1) is 0 Å². The molecule has 2 heterocycles. The molecule has 0 saturated carbocycles. The zero-order chi connectivity index (χ0) is 16.4. The highest BCUT2D eigenvalue weighted by Gasteiger charge is 2.32. The maximum absolute atomic E-state index is 13.6. The molecule has 23 heavy (non-hydrogen) atoms. The Hall–Kier alpha value is -2.25. The normalized spacial score (nSPS) is 22.2. The van der Waals surface area contributed by atoms with Gasteiger partial charge in [0.25, 0.3) is 0 Å². The summed E-state index contributed by atoms with van der Waals surface area (Å²) in [4.78, 5) is 13.0. The summed E-state index contributed by atoms with van der Waals surface area (Å²) in [5.41, 5.74) is 1.51. The molecule has 3 rings (SSSR count). The summed E-state index contributed by atoms with van der Waals surface area (Å²) in [5, 5.41) is 23.2. The molecule has 6 nitrogen and oxygen atoms in total. The van der Waals surface area contributed by atoms with Gasteiger partial charge in [0.15, 0.2) is 0 Å². The van der Waals surface area contributed by atoms with Gasteiger partial charge in [0.1, 0.15) is 5.82 Å². The van der Waals surface area contributed by atoms with E-state index in [0.717, 1.165) is 11.3 Å². The number of carboxylic acid groups (broad SMARTS) is 1. The van der Waals surface area contributed by atoms with E-state index in [4.69, 9.17) is 5.11 Å². The van der Waals surface area contributed by atoms with E-state index < -0.39 is 18.0 Å². The van der Waals surface area contributed by atoms with Crippen LogP contribution in [0.1, 0.15) is 12.0 Å². The molecule has 1 aromatic heterocycles. The van der Waals surface area contributed by atoms with E-state index in [1.165, 1.54) is 12.1 Å². The van der Waals surface area contributed by atoms with Gasteiger partial charge in [-0.2, -0.15) is 5.10 Å². The molecule has 1 saturated heterocycles. The molecule has 0 aliphatic carbocycles. The predicted octanol–water partition coefficient (Wildman–Crippen LogP) is 1.28. The highest BCUT2D eigenvalue weighted by Crippen LogP contribution is 2.23. The van der Waals surface area contributed by atoms with E-state index in [0.29, 0.717) is 19.5 Å². The molecule has 0 spiro atoms. The number of carboxylic acids is 1. The monoisotopic (exact) mass is 319 g/mol. The third-order valence-electron chi connectivity index (χ3n) is 4.17. The van der Waals surface area contributed by atoms with Crippen LogP contribution in [0.5, 0.6) is 0 Å². The van der Waals surface area contributed by atoms with Crippen molar-refractivity contribution in [2.45, 2.75) is 19.1 Å². The van der Waals surface area contributed by atoms with Crippen LogP contribution in [-0.2, 0) is 11.3 Å². The fraction of sp³-hybridized carbons (Fsp3) is 0.375. The average molecular weight is 319 g/mol. The molecule has 0 unspecified atom stereocenters. The molecule has 2 N–H and O–H groups in total. The number of halogens is 1. The highest BCUT2D eigenvalue weighted by atomic mass is 19.1. The zero-order valence-corrected chi connectivity index (χ0v) is 12.5. The minimum absolute atomic E-state index is 0.256. The molecule has 1 aromatic carbocycles. The highest BCUT2D eigenvalue weighted by molar-refractivity contribution is 5.70. The van der Waals surface area contributed by atoms with Crippen LogP contribution in [-0.4, -0.2) is 50.1 Å². The van der Waals surface area contributed by atoms with Crippen molar-refractivity contribution < 1.29 is 19.4 Å². The van der Waals surface area contributed by atoms with Gasteiger partial charge in [0.2, 0.25) is 0 Å². The number of piperidine rings is 1. The minimum atomic E-state index is -0.972. The Kier molecular flexibility index (Phi) is 4.40. The van der Waals surface area contributed by atoms with Gasteiger partial charge in [-0.25, -0.2) is 9.07 Å². The van der Waals surface area contributed by atoms with Crippen molar-refractivity contribution in [3.05, 3.63) is 48.0 Å². The van der Waals surface area contributed by atoms with Crippen molar-refractivity contribution in [3.63, 3.8) is 0 Å². The maximum atomic E-state index is 13.6. The van der Waals surface area contributed by atoms with Gasteiger partial charge in [-0.1, -0.05) is 0 Å². The number of hydrogen-bond acceptors (Lipinski definition) is 4. The molecule has 7 heteroatoms. The Labute approximate surface area is 132 Å². The number of aromatic nitrogens is 2. The number of benzene rings is 1. The number of β-amino-alcohol motifs (C(OH)–C–C–N with tert-alkyl or cyclic N) is 1. The first-order valence-corrected chi connectivity index (χ1v) is 7.46. The second kappa shape index (κ2) is 6.47. The van der Waals surface area contributed by atoms with E-state index in [1.54, 1.807) is 29.2 Å². The molecule has 0 amide bonds. The number of aliphatic carboxylic acids is 1. The van der Waals surface area contributed by atoms with Crippen LogP contribution >= 0.6 is 0 Å². The Bertz CT molecular complexity index is 690. The van der Waals surface area contributed by atoms with Crippen LogP contribution in [0, 0.1) is 11.7 Å². The fourth-order valence-corrected chi connectivity index (χ4v) is 2.99. The van der Waals surface area contributed by atoms with Crippen molar-refractivity contribution in [1.82, 2.24) is 14.7 Å². The third kappa shape index (κ3) is 3.40. The summed E-state index contributed by atoms with van der Waals surface area (Å²) in [6.45, 7) is 1.23. The molecular weight excluding hydrogens is 301 g/mol. The number of aliphatic hydroxyl groups is 1. The molecular formula is C16H18FN3O3. The molecule has 1 aliphatic rings. The van der Waals surface area contributed by atoms with Crippen LogP contribution < -0.4 is 0 Å². The number of likely N-dealkylation sites (tertiary alicyclic amines) is 1. The number of nitrogens with zero attached hydrogens (tertiary/aromatic N) is 3.